The lowest BCUT2D eigenvalue weighted by atomic mass is 11.8. The molecule has 36 valence electrons. The third-order valence-corrected chi connectivity index (χ3v) is 0.670. The molecule has 6 heavy (non-hydrogen) atoms. The predicted octanol–water partition coefficient (Wildman–Crippen LogP) is 1.00. The van der Waals surface area contributed by atoms with Crippen LogP contribution in [0.15, 0.2) is 0 Å². The van der Waals surface area contributed by atoms with E-state index in [4.69, 9.17) is 9.81 Å². The molecule has 3 heteroatoms. The summed E-state index contributed by atoms with van der Waals surface area (Å²) >= 11 is 0. The van der Waals surface area contributed by atoms with Crippen LogP contribution >= 0.6 is 10.3 Å². The Morgan fingerprint density at radius 3 is 1.83 bits per heavy atom. The molecule has 0 aromatic carbocycles. The topological polar surface area (TPSA) is 44.0 Å². The molecule has 0 saturated heterocycles. The molecule has 0 rings (SSSR count). The average Bonchev–Trinajstić information content (AvgIpc) is 1.35. The van der Waals surface area contributed by atoms with Gasteiger partial charge in [-0.1, -0.05) is 10.3 Å². The lowest BCUT2D eigenvalue weighted by molar-refractivity contribution is 0.647. The smallest absolute Gasteiger partial charge is 0.137 e. The molecule has 0 aliphatic heterocycles. The SMILES string of the molecule is CS(C)(O)C#N. The van der Waals surface area contributed by atoms with Gasteiger partial charge in [0.25, 0.3) is 0 Å². The monoisotopic (exact) mass is 105 g/mol. The predicted molar refractivity (Wildman–Crippen MR) is 27.7 cm³/mol. The largest absolute Gasteiger partial charge is 0.339 e. The van der Waals surface area contributed by atoms with E-state index in [9.17, 15) is 0 Å². The summed E-state index contributed by atoms with van der Waals surface area (Å²) in [5, 5.41) is 9.68. The standard InChI is InChI=1S/C3H7NOS/c1-6(2,5)3-4/h5H,1-2H3. The van der Waals surface area contributed by atoms with Crippen molar-refractivity contribution in [2.75, 3.05) is 12.5 Å². The minimum atomic E-state index is -1.86. The average molecular weight is 105 g/mol. The van der Waals surface area contributed by atoms with E-state index in [0.29, 0.717) is 0 Å². The molecule has 0 fully saturated rings. The lowest BCUT2D eigenvalue weighted by Gasteiger charge is -2.08. The minimum absolute atomic E-state index is 1.52. The zero-order chi connectivity index (χ0) is 5.21. The van der Waals surface area contributed by atoms with Crippen LogP contribution in [0.25, 0.3) is 0 Å². The van der Waals surface area contributed by atoms with Crippen molar-refractivity contribution < 1.29 is 4.55 Å². The Bertz CT molecular complexity index is 77.8. The molecule has 0 radical (unpaired) electrons. The molecule has 0 spiro atoms. The van der Waals surface area contributed by atoms with Crippen molar-refractivity contribution in [1.82, 2.24) is 0 Å². The first-order chi connectivity index (χ1) is 2.56. The van der Waals surface area contributed by atoms with Gasteiger partial charge in [-0.15, -0.1) is 0 Å². The van der Waals surface area contributed by atoms with E-state index in [0.717, 1.165) is 0 Å². The third kappa shape index (κ3) is 3.80. The first-order valence-electron chi connectivity index (χ1n) is 1.43. The Morgan fingerprint density at radius 1 is 1.67 bits per heavy atom. The number of nitriles is 1. The third-order valence-electron chi connectivity index (χ3n) is 0.223. The maximum Gasteiger partial charge on any atom is 0.137 e. The van der Waals surface area contributed by atoms with Gasteiger partial charge < -0.3 is 4.55 Å². The maximum absolute atomic E-state index is 8.55. The van der Waals surface area contributed by atoms with Gasteiger partial charge in [-0.2, -0.15) is 5.26 Å². The van der Waals surface area contributed by atoms with Crippen LogP contribution in [0.1, 0.15) is 0 Å². The van der Waals surface area contributed by atoms with Crippen LogP contribution in [0, 0.1) is 10.7 Å². The fourth-order valence-corrected chi connectivity index (χ4v) is 0. The Morgan fingerprint density at radius 2 is 1.83 bits per heavy atom. The van der Waals surface area contributed by atoms with E-state index in [1.807, 2.05) is 0 Å². The van der Waals surface area contributed by atoms with Crippen molar-refractivity contribution >= 4 is 10.3 Å². The summed E-state index contributed by atoms with van der Waals surface area (Å²) < 4.78 is 8.55. The van der Waals surface area contributed by atoms with Gasteiger partial charge in [0.15, 0.2) is 0 Å². The maximum atomic E-state index is 8.55. The van der Waals surface area contributed by atoms with E-state index < -0.39 is 10.3 Å². The molecule has 0 heterocycles. The normalized spacial score (nSPS) is 13.0. The van der Waals surface area contributed by atoms with Gasteiger partial charge in [-0.25, -0.2) is 0 Å². The summed E-state index contributed by atoms with van der Waals surface area (Å²) in [5.41, 5.74) is 0. The van der Waals surface area contributed by atoms with Crippen molar-refractivity contribution in [1.29, 1.82) is 5.26 Å². The molecule has 0 aromatic heterocycles. The van der Waals surface area contributed by atoms with E-state index >= 15 is 0 Å². The molecular weight excluding hydrogens is 98.1 g/mol. The summed E-state index contributed by atoms with van der Waals surface area (Å²) in [6.45, 7) is 0. The Balaban J connectivity index is 3.55. The quantitative estimate of drug-likeness (QED) is 0.467. The number of hydrogen-bond acceptors (Lipinski definition) is 2. The first-order valence-corrected chi connectivity index (χ1v) is 3.83. The van der Waals surface area contributed by atoms with E-state index in [1.165, 1.54) is 12.5 Å². The molecule has 0 aliphatic rings. The second-order valence-electron chi connectivity index (χ2n) is 1.36. The molecule has 1 N–H and O–H groups in total. The van der Waals surface area contributed by atoms with Crippen LogP contribution in [0.4, 0.5) is 0 Å². The molecule has 0 saturated carbocycles. The molecule has 0 bridgehead atoms. The zero-order valence-electron chi connectivity index (χ0n) is 3.80. The number of hydrogen-bond donors (Lipinski definition) is 1. The highest BCUT2D eigenvalue weighted by molar-refractivity contribution is 8.31. The highest BCUT2D eigenvalue weighted by atomic mass is 32.3. The number of thiocyanates is 1. The van der Waals surface area contributed by atoms with Crippen LogP contribution in [-0.2, 0) is 0 Å². The minimum Gasteiger partial charge on any atom is -0.339 e. The number of rotatable bonds is 0. The molecule has 0 aliphatic carbocycles. The lowest BCUT2D eigenvalue weighted by Crippen LogP contribution is -1.83. The molecular formula is C3H7NOS. The van der Waals surface area contributed by atoms with Crippen LogP contribution in [0.5, 0.6) is 0 Å². The fourth-order valence-electron chi connectivity index (χ4n) is 0. The van der Waals surface area contributed by atoms with E-state index in [2.05, 4.69) is 0 Å². The molecule has 0 amide bonds. The fraction of sp³-hybridized carbons (Fsp3) is 0.667. The Labute approximate surface area is 38.9 Å². The van der Waals surface area contributed by atoms with Gasteiger partial charge >= 0.3 is 0 Å². The van der Waals surface area contributed by atoms with Gasteiger partial charge in [-0.3, -0.25) is 0 Å². The first kappa shape index (κ1) is 5.80. The highest BCUT2D eigenvalue weighted by Gasteiger charge is 1.98. The van der Waals surface area contributed by atoms with E-state index in [-0.39, 0.29) is 0 Å². The van der Waals surface area contributed by atoms with Gasteiger partial charge in [0.05, 0.1) is 0 Å². The van der Waals surface area contributed by atoms with Crippen LogP contribution in [-0.4, -0.2) is 17.1 Å². The van der Waals surface area contributed by atoms with Crippen LogP contribution in [0.2, 0.25) is 0 Å². The van der Waals surface area contributed by atoms with Gasteiger partial charge in [0, 0.05) is 0 Å². The number of nitrogens with zero attached hydrogens (tertiary/aromatic N) is 1. The summed E-state index contributed by atoms with van der Waals surface area (Å²) in [6.07, 6.45) is 3.04. The summed E-state index contributed by atoms with van der Waals surface area (Å²) in [5.74, 6) is 0. The van der Waals surface area contributed by atoms with Crippen molar-refractivity contribution in [3.63, 3.8) is 0 Å². The highest BCUT2D eigenvalue weighted by Crippen LogP contribution is 2.30. The Kier molecular flexibility index (Phi) is 1.45. The molecule has 0 atom stereocenters. The van der Waals surface area contributed by atoms with Gasteiger partial charge in [-0.05, 0) is 12.5 Å². The van der Waals surface area contributed by atoms with Crippen molar-refractivity contribution in [3.05, 3.63) is 0 Å². The molecule has 0 aromatic rings. The Hall–Kier alpha value is -0.200. The summed E-state index contributed by atoms with van der Waals surface area (Å²) in [7, 11) is -1.86. The van der Waals surface area contributed by atoms with E-state index in [1.54, 1.807) is 5.40 Å². The second-order valence-corrected chi connectivity index (χ2v) is 4.09. The summed E-state index contributed by atoms with van der Waals surface area (Å²) in [6, 6.07) is 0. The van der Waals surface area contributed by atoms with Crippen LogP contribution in [0.3, 0.4) is 0 Å². The van der Waals surface area contributed by atoms with Crippen LogP contribution < -0.4 is 0 Å². The zero-order valence-corrected chi connectivity index (χ0v) is 4.62. The van der Waals surface area contributed by atoms with Gasteiger partial charge in [0.2, 0.25) is 0 Å². The van der Waals surface area contributed by atoms with Crippen molar-refractivity contribution in [3.8, 4) is 5.40 Å². The second kappa shape index (κ2) is 1.50. The van der Waals surface area contributed by atoms with Crippen molar-refractivity contribution in [2.45, 2.75) is 0 Å². The van der Waals surface area contributed by atoms with Crippen molar-refractivity contribution in [2.24, 2.45) is 0 Å². The molecule has 2 nitrogen and oxygen atoms in total. The summed E-state index contributed by atoms with van der Waals surface area (Å²) in [4.78, 5) is 0. The van der Waals surface area contributed by atoms with Gasteiger partial charge in [0.1, 0.15) is 5.40 Å². The molecule has 0 unspecified atom stereocenters.